The van der Waals surface area contributed by atoms with Crippen molar-refractivity contribution >= 4 is 17.9 Å². The Balaban J connectivity index is 3.49. The molecule has 0 bridgehead atoms. The van der Waals surface area contributed by atoms with Crippen molar-refractivity contribution in [2.45, 2.75) is 119 Å². The molecule has 0 aliphatic carbocycles. The third kappa shape index (κ3) is 11.1. The Morgan fingerprint density at radius 3 is 2.05 bits per heavy atom. The first-order chi connectivity index (χ1) is 17.3. The third-order valence-electron chi connectivity index (χ3n) is 6.39. The second-order valence-electron chi connectivity index (χ2n) is 11.2. The van der Waals surface area contributed by atoms with Crippen molar-refractivity contribution in [3.8, 4) is 0 Å². The van der Waals surface area contributed by atoms with Crippen LogP contribution in [-0.2, 0) is 14.3 Å². The molecular formula is C30H51N3O4. The van der Waals surface area contributed by atoms with E-state index in [-0.39, 0.29) is 17.7 Å². The van der Waals surface area contributed by atoms with E-state index in [9.17, 15) is 14.4 Å². The number of nitrogens with one attached hydrogen (secondary N) is 2. The molecule has 0 aromatic heterocycles. The van der Waals surface area contributed by atoms with Crippen molar-refractivity contribution in [1.82, 2.24) is 15.5 Å². The van der Waals surface area contributed by atoms with Gasteiger partial charge in [0.2, 0.25) is 11.8 Å². The molecule has 3 unspecified atom stereocenters. The van der Waals surface area contributed by atoms with Crippen LogP contribution in [0.1, 0.15) is 110 Å². The van der Waals surface area contributed by atoms with E-state index in [1.54, 1.807) is 25.7 Å². The lowest BCUT2D eigenvalue weighted by atomic mass is 9.94. The predicted octanol–water partition coefficient (Wildman–Crippen LogP) is 6.22. The van der Waals surface area contributed by atoms with Gasteiger partial charge in [-0.05, 0) is 58.9 Å². The minimum Gasteiger partial charge on any atom is -0.444 e. The van der Waals surface area contributed by atoms with Crippen molar-refractivity contribution in [3.05, 3.63) is 34.9 Å². The highest BCUT2D eigenvalue weighted by Crippen LogP contribution is 2.27. The number of carbonyl (C=O) groups is 3. The molecule has 1 aromatic carbocycles. The van der Waals surface area contributed by atoms with E-state index in [4.69, 9.17) is 4.74 Å². The van der Waals surface area contributed by atoms with Crippen molar-refractivity contribution < 1.29 is 19.1 Å². The molecule has 0 aliphatic rings. The van der Waals surface area contributed by atoms with E-state index < -0.39 is 23.8 Å². The van der Waals surface area contributed by atoms with Gasteiger partial charge in [-0.25, -0.2) is 4.79 Å². The van der Waals surface area contributed by atoms with Crippen LogP contribution in [0.25, 0.3) is 0 Å². The lowest BCUT2D eigenvalue weighted by Crippen LogP contribution is -2.55. The van der Waals surface area contributed by atoms with Crippen LogP contribution in [0.2, 0.25) is 0 Å². The van der Waals surface area contributed by atoms with E-state index in [2.05, 4.69) is 30.5 Å². The summed E-state index contributed by atoms with van der Waals surface area (Å²) in [4.78, 5) is 42.3. The fraction of sp³-hybridized carbons (Fsp3) is 0.700. The average Bonchev–Trinajstić information content (AvgIpc) is 2.80. The van der Waals surface area contributed by atoms with Gasteiger partial charge in [0.25, 0.3) is 0 Å². The summed E-state index contributed by atoms with van der Waals surface area (Å²) in [6.45, 7) is 18.5. The molecule has 0 fully saturated rings. The van der Waals surface area contributed by atoms with Gasteiger partial charge in [-0.3, -0.25) is 9.59 Å². The smallest absolute Gasteiger partial charge is 0.408 e. The van der Waals surface area contributed by atoms with Gasteiger partial charge in [0, 0.05) is 13.1 Å². The Bertz CT molecular complexity index is 858. The fourth-order valence-electron chi connectivity index (χ4n) is 4.32. The third-order valence-corrected chi connectivity index (χ3v) is 6.39. The molecule has 37 heavy (non-hydrogen) atoms. The van der Waals surface area contributed by atoms with E-state index in [1.807, 2.05) is 39.8 Å². The molecule has 7 nitrogen and oxygen atoms in total. The van der Waals surface area contributed by atoms with Crippen LogP contribution >= 0.6 is 0 Å². The number of aryl methyl sites for hydroxylation is 2. The van der Waals surface area contributed by atoms with Gasteiger partial charge in [-0.15, -0.1) is 0 Å². The van der Waals surface area contributed by atoms with Gasteiger partial charge in [-0.2, -0.15) is 0 Å². The van der Waals surface area contributed by atoms with Crippen LogP contribution in [0.3, 0.4) is 0 Å². The van der Waals surface area contributed by atoms with Crippen LogP contribution in [0.5, 0.6) is 0 Å². The number of unbranched alkanes of at least 4 members (excludes halogenated alkanes) is 3. The molecule has 2 N–H and O–H groups in total. The number of ether oxygens (including phenoxy) is 1. The lowest BCUT2D eigenvalue weighted by molar-refractivity contribution is -0.143. The van der Waals surface area contributed by atoms with Crippen LogP contribution in [0.15, 0.2) is 18.2 Å². The normalized spacial score (nSPS) is 13.9. The molecule has 0 saturated carbocycles. The molecule has 1 rings (SSSR count). The predicted molar refractivity (Wildman–Crippen MR) is 150 cm³/mol. The zero-order chi connectivity index (χ0) is 28.2. The van der Waals surface area contributed by atoms with Crippen molar-refractivity contribution in [2.24, 2.45) is 5.92 Å². The molecule has 0 saturated heterocycles. The number of carbonyl (C=O) groups excluding carboxylic acids is 3. The maximum Gasteiger partial charge on any atom is 0.408 e. The molecule has 3 atom stereocenters. The van der Waals surface area contributed by atoms with Crippen molar-refractivity contribution in [1.29, 1.82) is 0 Å². The van der Waals surface area contributed by atoms with Crippen molar-refractivity contribution in [3.63, 3.8) is 0 Å². The second-order valence-corrected chi connectivity index (χ2v) is 11.2. The number of hydrogen-bond acceptors (Lipinski definition) is 4. The number of alkyl carbamates (subject to hydrolysis) is 1. The van der Waals surface area contributed by atoms with Gasteiger partial charge in [0.05, 0.1) is 0 Å². The Morgan fingerprint density at radius 2 is 1.54 bits per heavy atom. The number of rotatable bonds is 14. The molecular weight excluding hydrogens is 466 g/mol. The van der Waals surface area contributed by atoms with E-state index in [0.29, 0.717) is 19.5 Å². The Kier molecular flexibility index (Phi) is 13.7. The average molecular weight is 518 g/mol. The zero-order valence-electron chi connectivity index (χ0n) is 24.7. The highest BCUT2D eigenvalue weighted by Gasteiger charge is 2.37. The summed E-state index contributed by atoms with van der Waals surface area (Å²) in [5.74, 6) is -0.594. The number of amides is 3. The molecule has 3 amide bonds. The quantitative estimate of drug-likeness (QED) is 0.287. The second kappa shape index (κ2) is 15.6. The first kappa shape index (κ1) is 32.5. The SMILES string of the molecule is CCCCCNC(=O)C(c1cc(C)cc(C)c1)N(CCCC)C(=O)C(NC(=O)OC(C)(C)C)C(C)CC. The molecule has 0 aliphatic heterocycles. The summed E-state index contributed by atoms with van der Waals surface area (Å²) in [5, 5.41) is 5.90. The van der Waals surface area contributed by atoms with Gasteiger partial charge >= 0.3 is 6.09 Å². The first-order valence-electron chi connectivity index (χ1n) is 14.0. The maximum absolute atomic E-state index is 14.2. The topological polar surface area (TPSA) is 87.7 Å². The van der Waals surface area contributed by atoms with Crippen LogP contribution in [0, 0.1) is 19.8 Å². The zero-order valence-corrected chi connectivity index (χ0v) is 24.7. The molecule has 210 valence electrons. The van der Waals surface area contributed by atoms with Gasteiger partial charge in [0.1, 0.15) is 17.7 Å². The molecule has 1 aromatic rings. The number of nitrogens with zero attached hydrogens (tertiary/aromatic N) is 1. The highest BCUT2D eigenvalue weighted by molar-refractivity contribution is 5.92. The monoisotopic (exact) mass is 517 g/mol. The minimum atomic E-state index is -0.807. The van der Waals surface area contributed by atoms with Crippen LogP contribution in [0.4, 0.5) is 4.79 Å². The molecule has 0 radical (unpaired) electrons. The van der Waals surface area contributed by atoms with E-state index >= 15 is 0 Å². The van der Waals surface area contributed by atoms with Gasteiger partial charge in [0.15, 0.2) is 0 Å². The summed E-state index contributed by atoms with van der Waals surface area (Å²) in [6.07, 6.45) is 4.65. The largest absolute Gasteiger partial charge is 0.444 e. The molecule has 0 spiro atoms. The van der Waals surface area contributed by atoms with Gasteiger partial charge in [-0.1, -0.05) is 82.7 Å². The van der Waals surface area contributed by atoms with Gasteiger partial charge < -0.3 is 20.3 Å². The number of hydrogen-bond donors (Lipinski definition) is 2. The summed E-state index contributed by atoms with van der Waals surface area (Å²) >= 11 is 0. The standard InChI is InChI=1S/C30H51N3O4/c1-10-13-15-16-31-27(34)26(24-19-21(4)18-22(5)20-24)33(17-14-11-2)28(35)25(23(6)12-3)32-29(36)37-30(7,8)9/h18-20,23,25-26H,10-17H2,1-9H3,(H,31,34)(H,32,36). The van der Waals surface area contributed by atoms with Crippen LogP contribution in [-0.4, -0.2) is 47.5 Å². The lowest BCUT2D eigenvalue weighted by Gasteiger charge is -2.36. The maximum atomic E-state index is 14.2. The summed E-state index contributed by atoms with van der Waals surface area (Å²) in [7, 11) is 0. The Hall–Kier alpha value is -2.57. The fourth-order valence-corrected chi connectivity index (χ4v) is 4.32. The first-order valence-corrected chi connectivity index (χ1v) is 14.0. The minimum absolute atomic E-state index is 0.142. The number of benzene rings is 1. The van der Waals surface area contributed by atoms with Crippen LogP contribution < -0.4 is 10.6 Å². The molecule has 7 heteroatoms. The van der Waals surface area contributed by atoms with E-state index in [1.165, 1.54) is 0 Å². The summed E-state index contributed by atoms with van der Waals surface area (Å²) in [5.41, 5.74) is 2.17. The summed E-state index contributed by atoms with van der Waals surface area (Å²) < 4.78 is 5.47. The van der Waals surface area contributed by atoms with Crippen molar-refractivity contribution in [2.75, 3.05) is 13.1 Å². The Morgan fingerprint density at radius 1 is 0.946 bits per heavy atom. The summed E-state index contributed by atoms with van der Waals surface area (Å²) in [6, 6.07) is 4.43. The Labute approximate surface area is 225 Å². The highest BCUT2D eigenvalue weighted by atomic mass is 16.6. The molecule has 0 heterocycles. The van der Waals surface area contributed by atoms with E-state index in [0.717, 1.165) is 48.8 Å².